The average Bonchev–Trinajstić information content (AvgIpc) is 3.54. The fraction of sp³-hybridized carbons (Fsp3) is 0.500. The molecule has 0 radical (unpaired) electrons. The van der Waals surface area contributed by atoms with Gasteiger partial charge in [-0.25, -0.2) is 14.6 Å². The van der Waals surface area contributed by atoms with E-state index in [0.29, 0.717) is 38.1 Å². The maximum atomic E-state index is 12.9. The lowest BCUT2D eigenvalue weighted by Gasteiger charge is -2.29. The molecule has 2 aromatic rings. The zero-order valence-corrected chi connectivity index (χ0v) is 20.5. The standard InChI is InChI=1S/C26H33N5O4/c1-3-19-6-7-30(17-19)25(32)27-21-5-4-18(2)22(16-21)20-14-23(29-8-11-34-12-9-29)28-24(15-20)31-10-13-35-26(31)33/h4-5,14-16,19H,3,6-13,17H2,1-2H3,(H,27,32)/t19-/m1/s1. The lowest BCUT2D eigenvalue weighted by molar-refractivity contribution is 0.122. The molecule has 1 atom stereocenters. The van der Waals surface area contributed by atoms with E-state index in [2.05, 4.69) is 23.2 Å². The summed E-state index contributed by atoms with van der Waals surface area (Å²) in [5.74, 6) is 1.96. The van der Waals surface area contributed by atoms with Crippen LogP contribution in [0, 0.1) is 12.8 Å². The third kappa shape index (κ3) is 5.05. The van der Waals surface area contributed by atoms with Crippen molar-refractivity contribution >= 4 is 29.4 Å². The molecule has 1 aromatic carbocycles. The van der Waals surface area contributed by atoms with Crippen molar-refractivity contribution in [2.75, 3.05) is 67.7 Å². The fourth-order valence-corrected chi connectivity index (χ4v) is 4.92. The number of hydrogen-bond acceptors (Lipinski definition) is 6. The SMILES string of the molecule is CC[C@@H]1CCN(C(=O)Nc2ccc(C)c(-c3cc(N4CCOCC4)nc(N4CCOC4=O)c3)c2)C1. The monoisotopic (exact) mass is 479 g/mol. The Labute approximate surface area is 206 Å². The maximum Gasteiger partial charge on any atom is 0.415 e. The summed E-state index contributed by atoms with van der Waals surface area (Å²) in [4.78, 5) is 35.6. The van der Waals surface area contributed by atoms with E-state index in [1.807, 2.05) is 36.1 Å². The summed E-state index contributed by atoms with van der Waals surface area (Å²) < 4.78 is 10.7. The van der Waals surface area contributed by atoms with E-state index < -0.39 is 0 Å². The third-order valence-electron chi connectivity index (χ3n) is 7.12. The van der Waals surface area contributed by atoms with E-state index in [1.54, 1.807) is 4.90 Å². The molecule has 3 aliphatic heterocycles. The zero-order valence-electron chi connectivity index (χ0n) is 20.5. The first-order chi connectivity index (χ1) is 17.0. The predicted octanol–water partition coefficient (Wildman–Crippen LogP) is 4.11. The number of urea groups is 1. The van der Waals surface area contributed by atoms with Gasteiger partial charge in [-0.1, -0.05) is 19.4 Å². The summed E-state index contributed by atoms with van der Waals surface area (Å²) in [6.45, 7) is 9.42. The minimum absolute atomic E-state index is 0.0556. The summed E-state index contributed by atoms with van der Waals surface area (Å²) >= 11 is 0. The van der Waals surface area contributed by atoms with Gasteiger partial charge in [-0.05, 0) is 60.2 Å². The van der Waals surface area contributed by atoms with Crippen molar-refractivity contribution in [3.63, 3.8) is 0 Å². The highest BCUT2D eigenvalue weighted by Crippen LogP contribution is 2.33. The van der Waals surface area contributed by atoms with Crippen LogP contribution in [-0.2, 0) is 9.47 Å². The lowest BCUT2D eigenvalue weighted by atomic mass is 10.00. The van der Waals surface area contributed by atoms with Crippen LogP contribution in [-0.4, -0.2) is 74.6 Å². The number of pyridine rings is 1. The van der Waals surface area contributed by atoms with Crippen molar-refractivity contribution < 1.29 is 19.1 Å². The first-order valence-electron chi connectivity index (χ1n) is 12.5. The van der Waals surface area contributed by atoms with Crippen molar-refractivity contribution in [2.45, 2.75) is 26.7 Å². The molecule has 9 nitrogen and oxygen atoms in total. The van der Waals surface area contributed by atoms with Gasteiger partial charge in [0.1, 0.15) is 18.2 Å². The summed E-state index contributed by atoms with van der Waals surface area (Å²) in [5, 5.41) is 3.08. The lowest BCUT2D eigenvalue weighted by Crippen LogP contribution is -2.37. The van der Waals surface area contributed by atoms with Crippen molar-refractivity contribution in [1.82, 2.24) is 9.88 Å². The number of nitrogens with one attached hydrogen (secondary N) is 1. The fourth-order valence-electron chi connectivity index (χ4n) is 4.92. The molecular formula is C26H33N5O4. The van der Waals surface area contributed by atoms with Gasteiger partial charge in [-0.2, -0.15) is 0 Å². The Bertz CT molecular complexity index is 1100. The molecule has 0 unspecified atom stereocenters. The first kappa shape index (κ1) is 23.4. The number of benzene rings is 1. The molecule has 3 amide bonds. The highest BCUT2D eigenvalue weighted by atomic mass is 16.6. The van der Waals surface area contributed by atoms with Gasteiger partial charge in [0.25, 0.3) is 0 Å². The highest BCUT2D eigenvalue weighted by molar-refractivity contribution is 5.92. The minimum Gasteiger partial charge on any atom is -0.447 e. The van der Waals surface area contributed by atoms with E-state index in [-0.39, 0.29) is 12.1 Å². The molecule has 0 aliphatic carbocycles. The average molecular weight is 480 g/mol. The van der Waals surface area contributed by atoms with Crippen molar-refractivity contribution in [3.05, 3.63) is 35.9 Å². The molecule has 3 aliphatic rings. The quantitative estimate of drug-likeness (QED) is 0.694. The Morgan fingerprint density at radius 1 is 1.09 bits per heavy atom. The van der Waals surface area contributed by atoms with E-state index in [9.17, 15) is 9.59 Å². The van der Waals surface area contributed by atoms with Crippen LogP contribution in [0.3, 0.4) is 0 Å². The zero-order chi connectivity index (χ0) is 24.4. The molecular weight excluding hydrogens is 446 g/mol. The van der Waals surface area contributed by atoms with Crippen LogP contribution in [0.25, 0.3) is 11.1 Å². The number of anilines is 3. The normalized spacial score (nSPS) is 20.3. The summed E-state index contributed by atoms with van der Waals surface area (Å²) in [7, 11) is 0. The van der Waals surface area contributed by atoms with Crippen molar-refractivity contribution in [1.29, 1.82) is 0 Å². The Morgan fingerprint density at radius 2 is 1.89 bits per heavy atom. The molecule has 186 valence electrons. The van der Waals surface area contributed by atoms with E-state index in [4.69, 9.17) is 14.5 Å². The number of cyclic esters (lactones) is 1. The molecule has 1 N–H and O–H groups in total. The summed E-state index contributed by atoms with van der Waals surface area (Å²) in [6, 6.07) is 9.88. The second-order valence-electron chi connectivity index (χ2n) is 9.41. The van der Waals surface area contributed by atoms with Gasteiger partial charge in [-0.15, -0.1) is 0 Å². The number of ether oxygens (including phenoxy) is 2. The second kappa shape index (κ2) is 10.1. The Kier molecular flexibility index (Phi) is 6.77. The number of aryl methyl sites for hydroxylation is 1. The van der Waals surface area contributed by atoms with Gasteiger partial charge in [0, 0.05) is 31.9 Å². The largest absolute Gasteiger partial charge is 0.447 e. The van der Waals surface area contributed by atoms with E-state index in [1.165, 1.54) is 0 Å². The number of aromatic nitrogens is 1. The Morgan fingerprint density at radius 3 is 2.60 bits per heavy atom. The molecule has 35 heavy (non-hydrogen) atoms. The van der Waals surface area contributed by atoms with Crippen LogP contribution in [0.4, 0.5) is 26.9 Å². The van der Waals surface area contributed by atoms with Gasteiger partial charge in [0.15, 0.2) is 0 Å². The number of carbonyl (C=O) groups is 2. The molecule has 4 heterocycles. The molecule has 0 saturated carbocycles. The van der Waals surface area contributed by atoms with Crippen LogP contribution in [0.1, 0.15) is 25.3 Å². The van der Waals surface area contributed by atoms with E-state index in [0.717, 1.165) is 67.2 Å². The number of carbonyl (C=O) groups excluding carboxylic acids is 2. The van der Waals surface area contributed by atoms with Crippen LogP contribution in [0.2, 0.25) is 0 Å². The molecule has 0 bridgehead atoms. The number of nitrogens with zero attached hydrogens (tertiary/aromatic N) is 4. The number of hydrogen-bond donors (Lipinski definition) is 1. The topological polar surface area (TPSA) is 87.2 Å². The summed E-state index contributed by atoms with van der Waals surface area (Å²) in [5.41, 5.74) is 3.75. The number of amides is 3. The van der Waals surface area contributed by atoms with Crippen LogP contribution in [0.5, 0.6) is 0 Å². The van der Waals surface area contributed by atoms with Gasteiger partial charge in [-0.3, -0.25) is 4.90 Å². The maximum absolute atomic E-state index is 12.9. The van der Waals surface area contributed by atoms with E-state index >= 15 is 0 Å². The highest BCUT2D eigenvalue weighted by Gasteiger charge is 2.27. The van der Waals surface area contributed by atoms with Crippen LogP contribution in [0.15, 0.2) is 30.3 Å². The number of likely N-dealkylation sites (tertiary alicyclic amines) is 1. The summed E-state index contributed by atoms with van der Waals surface area (Å²) in [6.07, 6.45) is 1.78. The van der Waals surface area contributed by atoms with Crippen molar-refractivity contribution in [3.8, 4) is 11.1 Å². The van der Waals surface area contributed by atoms with Gasteiger partial charge >= 0.3 is 12.1 Å². The molecule has 3 fully saturated rings. The van der Waals surface area contributed by atoms with Gasteiger partial charge < -0.3 is 24.6 Å². The smallest absolute Gasteiger partial charge is 0.415 e. The van der Waals surface area contributed by atoms with Crippen LogP contribution >= 0.6 is 0 Å². The number of rotatable bonds is 5. The minimum atomic E-state index is -0.378. The Hall–Kier alpha value is -3.33. The van der Waals surface area contributed by atoms with Crippen LogP contribution < -0.4 is 15.1 Å². The molecule has 0 spiro atoms. The molecule has 5 rings (SSSR count). The predicted molar refractivity (Wildman–Crippen MR) is 135 cm³/mol. The molecule has 1 aromatic heterocycles. The second-order valence-corrected chi connectivity index (χ2v) is 9.41. The third-order valence-corrected chi connectivity index (χ3v) is 7.12. The first-order valence-corrected chi connectivity index (χ1v) is 12.5. The van der Waals surface area contributed by atoms with Gasteiger partial charge in [0.2, 0.25) is 0 Å². The molecule has 9 heteroatoms. The number of morpholine rings is 1. The van der Waals surface area contributed by atoms with Gasteiger partial charge in [0.05, 0.1) is 19.8 Å². The molecule has 3 saturated heterocycles. The van der Waals surface area contributed by atoms with Crippen molar-refractivity contribution in [2.24, 2.45) is 5.92 Å². The Balaban J connectivity index is 1.46.